The molecule has 3 heteroatoms. The summed E-state index contributed by atoms with van der Waals surface area (Å²) in [7, 11) is 0. The third-order valence-corrected chi connectivity index (χ3v) is 2.93. The van der Waals surface area contributed by atoms with Crippen molar-refractivity contribution in [3.8, 4) is 0 Å². The Morgan fingerprint density at radius 1 is 1.38 bits per heavy atom. The molecule has 1 amide bonds. The molecular weight excluding hydrogens is 202 g/mol. The molecule has 0 saturated heterocycles. The van der Waals surface area contributed by atoms with Crippen LogP contribution in [0.3, 0.4) is 0 Å². The lowest BCUT2D eigenvalue weighted by Crippen LogP contribution is -2.37. The molecule has 2 N–H and O–H groups in total. The van der Waals surface area contributed by atoms with Crippen LogP contribution < -0.4 is 5.32 Å². The number of rotatable bonds is 4. The number of amides is 1. The van der Waals surface area contributed by atoms with E-state index in [2.05, 4.69) is 5.32 Å². The molecule has 1 aromatic carbocycles. The van der Waals surface area contributed by atoms with E-state index in [-0.39, 0.29) is 17.9 Å². The van der Waals surface area contributed by atoms with Crippen LogP contribution in [-0.4, -0.2) is 17.1 Å². The molecule has 0 aromatic heterocycles. The minimum atomic E-state index is -0.635. The van der Waals surface area contributed by atoms with Crippen molar-refractivity contribution in [2.75, 3.05) is 0 Å². The molecule has 0 heterocycles. The van der Waals surface area contributed by atoms with Gasteiger partial charge in [0.15, 0.2) is 0 Å². The lowest BCUT2D eigenvalue weighted by molar-refractivity contribution is -0.123. The molecule has 0 radical (unpaired) electrons. The summed E-state index contributed by atoms with van der Waals surface area (Å²) in [5.41, 5.74) is 0.839. The van der Waals surface area contributed by atoms with Gasteiger partial charge in [-0.05, 0) is 25.3 Å². The maximum Gasteiger partial charge on any atom is 0.223 e. The van der Waals surface area contributed by atoms with Gasteiger partial charge >= 0.3 is 0 Å². The van der Waals surface area contributed by atoms with Gasteiger partial charge in [-0.1, -0.05) is 30.3 Å². The van der Waals surface area contributed by atoms with E-state index >= 15 is 0 Å². The molecule has 0 bridgehead atoms. The lowest BCUT2D eigenvalue weighted by Gasteiger charge is -2.20. The zero-order chi connectivity index (χ0) is 11.5. The summed E-state index contributed by atoms with van der Waals surface area (Å²) in [5, 5.41) is 12.9. The van der Waals surface area contributed by atoms with Crippen molar-refractivity contribution in [1.82, 2.24) is 5.32 Å². The Kier molecular flexibility index (Phi) is 3.25. The van der Waals surface area contributed by atoms with Crippen molar-refractivity contribution in [3.05, 3.63) is 35.9 Å². The molecule has 0 unspecified atom stereocenters. The van der Waals surface area contributed by atoms with E-state index in [1.807, 2.05) is 37.3 Å². The first kappa shape index (κ1) is 11.1. The van der Waals surface area contributed by atoms with Crippen LogP contribution >= 0.6 is 0 Å². The van der Waals surface area contributed by atoms with E-state index in [0.29, 0.717) is 0 Å². The Bertz CT molecular complexity index is 359. The van der Waals surface area contributed by atoms with Gasteiger partial charge in [-0.15, -0.1) is 0 Å². The smallest absolute Gasteiger partial charge is 0.223 e. The summed E-state index contributed by atoms with van der Waals surface area (Å²) >= 11 is 0. The van der Waals surface area contributed by atoms with Crippen LogP contribution in [0.1, 0.15) is 31.4 Å². The number of benzene rings is 1. The van der Waals surface area contributed by atoms with Crippen LogP contribution in [0.4, 0.5) is 0 Å². The number of nitrogens with one attached hydrogen (secondary N) is 1. The van der Waals surface area contributed by atoms with E-state index in [0.717, 1.165) is 18.4 Å². The highest BCUT2D eigenvalue weighted by molar-refractivity contribution is 5.81. The van der Waals surface area contributed by atoms with Crippen LogP contribution in [0.5, 0.6) is 0 Å². The molecule has 0 spiro atoms. The molecule has 2 rings (SSSR count). The van der Waals surface area contributed by atoms with Crippen molar-refractivity contribution >= 4 is 5.91 Å². The summed E-state index contributed by atoms with van der Waals surface area (Å²) in [5.74, 6) is 0.257. The van der Waals surface area contributed by atoms with Gasteiger partial charge in [0.05, 0.1) is 12.1 Å². The number of hydrogen-bond donors (Lipinski definition) is 2. The summed E-state index contributed by atoms with van der Waals surface area (Å²) in [6.07, 6.45) is 1.34. The molecule has 1 saturated carbocycles. The molecule has 86 valence electrons. The Hall–Kier alpha value is -1.35. The van der Waals surface area contributed by atoms with Crippen molar-refractivity contribution in [3.63, 3.8) is 0 Å². The standard InChI is InChI=1S/C13H17NO2/c1-9(14-13(16)11-7-8-11)12(15)10-5-3-2-4-6-10/h2-6,9,11-12,15H,7-8H2,1H3,(H,14,16)/t9-,12+/m1/s1. The normalized spacial score (nSPS) is 18.9. The number of hydrogen-bond acceptors (Lipinski definition) is 2. The van der Waals surface area contributed by atoms with E-state index in [4.69, 9.17) is 0 Å². The fourth-order valence-corrected chi connectivity index (χ4v) is 1.71. The van der Waals surface area contributed by atoms with Gasteiger partial charge in [-0.3, -0.25) is 4.79 Å². The number of aliphatic hydroxyl groups is 1. The minimum Gasteiger partial charge on any atom is -0.386 e. The quantitative estimate of drug-likeness (QED) is 0.808. The van der Waals surface area contributed by atoms with Crippen molar-refractivity contribution in [2.24, 2.45) is 5.92 Å². The Balaban J connectivity index is 1.93. The van der Waals surface area contributed by atoms with Crippen molar-refractivity contribution in [2.45, 2.75) is 31.9 Å². The maximum atomic E-state index is 11.5. The van der Waals surface area contributed by atoms with Crippen molar-refractivity contribution in [1.29, 1.82) is 0 Å². The first-order valence-corrected chi connectivity index (χ1v) is 5.72. The SMILES string of the molecule is C[C@@H](NC(=O)C1CC1)[C@H](O)c1ccccc1. The molecule has 2 atom stereocenters. The molecule has 1 aromatic rings. The Morgan fingerprint density at radius 2 is 2.00 bits per heavy atom. The maximum absolute atomic E-state index is 11.5. The molecule has 1 fully saturated rings. The molecule has 16 heavy (non-hydrogen) atoms. The topological polar surface area (TPSA) is 49.3 Å². The fraction of sp³-hybridized carbons (Fsp3) is 0.462. The van der Waals surface area contributed by atoms with E-state index in [1.54, 1.807) is 0 Å². The second-order valence-electron chi connectivity index (χ2n) is 4.43. The van der Waals surface area contributed by atoms with Gasteiger partial charge in [0.2, 0.25) is 5.91 Å². The predicted octanol–water partition coefficient (Wildman–Crippen LogP) is 1.63. The summed E-state index contributed by atoms with van der Waals surface area (Å²) in [6.45, 7) is 1.83. The van der Waals surface area contributed by atoms with Crippen LogP contribution in [-0.2, 0) is 4.79 Å². The number of aliphatic hydroxyl groups excluding tert-OH is 1. The summed E-state index contributed by atoms with van der Waals surface area (Å²) < 4.78 is 0. The molecule has 1 aliphatic carbocycles. The molecule has 0 aliphatic heterocycles. The molecular formula is C13H17NO2. The number of carbonyl (C=O) groups is 1. The fourth-order valence-electron chi connectivity index (χ4n) is 1.71. The predicted molar refractivity (Wildman–Crippen MR) is 61.7 cm³/mol. The van der Waals surface area contributed by atoms with Gasteiger partial charge in [0, 0.05) is 5.92 Å². The van der Waals surface area contributed by atoms with Gasteiger partial charge < -0.3 is 10.4 Å². The van der Waals surface area contributed by atoms with Crippen LogP contribution in [0.15, 0.2) is 30.3 Å². The second kappa shape index (κ2) is 4.66. The average Bonchev–Trinajstić information content (AvgIpc) is 3.13. The highest BCUT2D eigenvalue weighted by Gasteiger charge is 2.31. The third-order valence-electron chi connectivity index (χ3n) is 2.93. The second-order valence-corrected chi connectivity index (χ2v) is 4.43. The highest BCUT2D eigenvalue weighted by atomic mass is 16.3. The zero-order valence-electron chi connectivity index (χ0n) is 9.39. The van der Waals surface area contributed by atoms with Gasteiger partial charge in [-0.2, -0.15) is 0 Å². The van der Waals surface area contributed by atoms with Crippen LogP contribution in [0.2, 0.25) is 0 Å². The van der Waals surface area contributed by atoms with Crippen LogP contribution in [0, 0.1) is 5.92 Å². The first-order valence-electron chi connectivity index (χ1n) is 5.72. The van der Waals surface area contributed by atoms with E-state index in [1.165, 1.54) is 0 Å². The average molecular weight is 219 g/mol. The largest absolute Gasteiger partial charge is 0.386 e. The van der Waals surface area contributed by atoms with Crippen LogP contribution in [0.25, 0.3) is 0 Å². The van der Waals surface area contributed by atoms with Gasteiger partial charge in [0.1, 0.15) is 0 Å². The first-order chi connectivity index (χ1) is 7.68. The lowest BCUT2D eigenvalue weighted by atomic mass is 10.0. The third kappa shape index (κ3) is 2.61. The van der Waals surface area contributed by atoms with Gasteiger partial charge in [-0.25, -0.2) is 0 Å². The summed E-state index contributed by atoms with van der Waals surface area (Å²) in [6, 6.07) is 9.16. The molecule has 1 aliphatic rings. The minimum absolute atomic E-state index is 0.0717. The van der Waals surface area contributed by atoms with Gasteiger partial charge in [0.25, 0.3) is 0 Å². The van der Waals surface area contributed by atoms with E-state index in [9.17, 15) is 9.90 Å². The monoisotopic (exact) mass is 219 g/mol. The Morgan fingerprint density at radius 3 is 2.56 bits per heavy atom. The zero-order valence-corrected chi connectivity index (χ0v) is 9.39. The Labute approximate surface area is 95.5 Å². The summed E-state index contributed by atoms with van der Waals surface area (Å²) in [4.78, 5) is 11.5. The van der Waals surface area contributed by atoms with Crippen molar-refractivity contribution < 1.29 is 9.90 Å². The van der Waals surface area contributed by atoms with E-state index < -0.39 is 6.10 Å². The highest BCUT2D eigenvalue weighted by Crippen LogP contribution is 2.29. The molecule has 3 nitrogen and oxygen atoms in total. The number of carbonyl (C=O) groups excluding carboxylic acids is 1.